The van der Waals surface area contributed by atoms with Crippen LogP contribution in [0.5, 0.6) is 0 Å². The van der Waals surface area contributed by atoms with Crippen molar-refractivity contribution in [2.24, 2.45) is 4.99 Å². The molecule has 0 radical (unpaired) electrons. The van der Waals surface area contributed by atoms with E-state index in [2.05, 4.69) is 11.9 Å². The molecule has 0 N–H and O–H groups in total. The molecule has 8 heteroatoms. The van der Waals surface area contributed by atoms with Crippen LogP contribution in [0.4, 0.5) is 4.79 Å². The fourth-order valence-electron chi connectivity index (χ4n) is 1.98. The van der Waals surface area contributed by atoms with E-state index in [9.17, 15) is 14.2 Å². The molecule has 0 spiro atoms. The van der Waals surface area contributed by atoms with E-state index in [0.717, 1.165) is 24.2 Å². The van der Waals surface area contributed by atoms with E-state index in [4.69, 9.17) is 9.05 Å². The number of hydrogen-bond donors (Lipinski definition) is 0. The van der Waals surface area contributed by atoms with Gasteiger partial charge in [0.2, 0.25) is 5.45 Å². The van der Waals surface area contributed by atoms with E-state index >= 15 is 0 Å². The molecule has 0 saturated heterocycles. The van der Waals surface area contributed by atoms with Crippen LogP contribution in [0.15, 0.2) is 4.99 Å². The molecule has 3 amide bonds. The third-order valence-corrected chi connectivity index (χ3v) is 4.97. The molecule has 7 nitrogen and oxygen atoms in total. The van der Waals surface area contributed by atoms with Gasteiger partial charge in [0.05, 0.1) is 13.2 Å². The minimum atomic E-state index is -3.80. The molecule has 120 valence electrons. The third kappa shape index (κ3) is 4.46. The van der Waals surface area contributed by atoms with E-state index in [1.165, 1.54) is 0 Å². The molecular formula is C13H23N2O5P. The lowest BCUT2D eigenvalue weighted by atomic mass is 10.2. The lowest BCUT2D eigenvalue weighted by molar-refractivity contribution is -0.120. The molecule has 0 atom stereocenters. The maximum atomic E-state index is 12.5. The Morgan fingerprint density at radius 2 is 1.67 bits per heavy atom. The zero-order valence-corrected chi connectivity index (χ0v) is 13.7. The fraction of sp³-hybridized carbons (Fsp3) is 0.769. The summed E-state index contributed by atoms with van der Waals surface area (Å²) in [6, 6.07) is -0.689. The maximum Gasteiger partial charge on any atom is 0.385 e. The van der Waals surface area contributed by atoms with E-state index in [0.29, 0.717) is 6.42 Å². The van der Waals surface area contributed by atoms with Gasteiger partial charge in [-0.05, 0) is 20.3 Å². The van der Waals surface area contributed by atoms with Crippen molar-refractivity contribution in [3.05, 3.63) is 0 Å². The number of amides is 3. The molecule has 1 heterocycles. The number of unbranched alkanes of at least 4 members (excludes halogenated alkanes) is 3. The second kappa shape index (κ2) is 8.41. The molecule has 0 fully saturated rings. The van der Waals surface area contributed by atoms with Gasteiger partial charge >= 0.3 is 13.6 Å². The maximum absolute atomic E-state index is 12.5. The Bertz CT molecular complexity index is 453. The number of urea groups is 1. The molecule has 0 aromatic heterocycles. The molecule has 0 bridgehead atoms. The second-order valence-corrected chi connectivity index (χ2v) is 6.50. The normalized spacial score (nSPS) is 15.8. The minimum Gasteiger partial charge on any atom is -0.304 e. The van der Waals surface area contributed by atoms with Crippen molar-refractivity contribution in [2.75, 3.05) is 19.8 Å². The second-order valence-electron chi connectivity index (χ2n) is 4.57. The zero-order valence-electron chi connectivity index (χ0n) is 12.8. The smallest absolute Gasteiger partial charge is 0.304 e. The van der Waals surface area contributed by atoms with Crippen molar-refractivity contribution in [3.63, 3.8) is 0 Å². The number of rotatable bonds is 10. The highest BCUT2D eigenvalue weighted by Crippen LogP contribution is 2.51. The van der Waals surface area contributed by atoms with Crippen molar-refractivity contribution >= 4 is 25.0 Å². The van der Waals surface area contributed by atoms with E-state index < -0.39 is 25.0 Å². The summed E-state index contributed by atoms with van der Waals surface area (Å²) in [7, 11) is -3.80. The monoisotopic (exact) mass is 318 g/mol. The van der Waals surface area contributed by atoms with Gasteiger partial charge in [-0.2, -0.15) is 4.99 Å². The highest BCUT2D eigenvalue weighted by Gasteiger charge is 2.45. The molecular weight excluding hydrogens is 295 g/mol. The van der Waals surface area contributed by atoms with E-state index in [1.54, 1.807) is 13.8 Å². The fourth-order valence-corrected chi connectivity index (χ4v) is 3.54. The first-order valence-electron chi connectivity index (χ1n) is 7.34. The Hall–Kier alpha value is -1.04. The predicted octanol–water partition coefficient (Wildman–Crippen LogP) is 3.19. The van der Waals surface area contributed by atoms with Gasteiger partial charge in [0.25, 0.3) is 5.91 Å². The van der Waals surface area contributed by atoms with Gasteiger partial charge in [0, 0.05) is 6.54 Å². The van der Waals surface area contributed by atoms with Crippen molar-refractivity contribution in [2.45, 2.75) is 46.5 Å². The summed E-state index contributed by atoms with van der Waals surface area (Å²) < 4.78 is 22.7. The van der Waals surface area contributed by atoms with Crippen LogP contribution in [0.2, 0.25) is 0 Å². The summed E-state index contributed by atoms with van der Waals surface area (Å²) in [4.78, 5) is 28.6. The van der Waals surface area contributed by atoms with Crippen LogP contribution in [0.25, 0.3) is 0 Å². The Kier molecular flexibility index (Phi) is 7.22. The average molecular weight is 318 g/mol. The topological polar surface area (TPSA) is 85.3 Å². The molecule has 0 aliphatic carbocycles. The van der Waals surface area contributed by atoms with Crippen LogP contribution in [0.3, 0.4) is 0 Å². The SMILES string of the molecule is CCCCCCN1C(=O)N=C(P(=O)(OCC)OCC)C1=O. The highest BCUT2D eigenvalue weighted by molar-refractivity contribution is 7.75. The Morgan fingerprint density at radius 3 is 2.19 bits per heavy atom. The third-order valence-electron chi connectivity index (χ3n) is 2.96. The first kappa shape index (κ1) is 18.0. The van der Waals surface area contributed by atoms with Crippen LogP contribution < -0.4 is 0 Å². The van der Waals surface area contributed by atoms with Crippen LogP contribution in [-0.2, 0) is 18.4 Å². The zero-order chi connectivity index (χ0) is 15.9. The van der Waals surface area contributed by atoms with Gasteiger partial charge in [-0.3, -0.25) is 14.3 Å². The van der Waals surface area contributed by atoms with Crippen molar-refractivity contribution in [1.82, 2.24) is 4.90 Å². The van der Waals surface area contributed by atoms with Crippen LogP contribution in [0, 0.1) is 0 Å². The summed E-state index contributed by atoms with van der Waals surface area (Å²) in [5.74, 6) is -0.665. The van der Waals surface area contributed by atoms with Gasteiger partial charge in [-0.25, -0.2) is 4.79 Å². The molecule has 21 heavy (non-hydrogen) atoms. The number of hydrogen-bond acceptors (Lipinski definition) is 5. The number of carbonyl (C=O) groups excluding carboxylic acids is 2. The molecule has 0 unspecified atom stereocenters. The molecule has 0 saturated carbocycles. The Morgan fingerprint density at radius 1 is 1.05 bits per heavy atom. The number of carbonyl (C=O) groups is 2. The first-order chi connectivity index (χ1) is 10.00. The summed E-state index contributed by atoms with van der Waals surface area (Å²) in [5, 5.41) is 0. The summed E-state index contributed by atoms with van der Waals surface area (Å²) in [6.45, 7) is 5.84. The van der Waals surface area contributed by atoms with E-state index in [-0.39, 0.29) is 19.8 Å². The van der Waals surface area contributed by atoms with Crippen LogP contribution >= 0.6 is 7.60 Å². The van der Waals surface area contributed by atoms with Gasteiger partial charge < -0.3 is 9.05 Å². The molecule has 0 aromatic rings. The predicted molar refractivity (Wildman–Crippen MR) is 79.5 cm³/mol. The lowest BCUT2D eigenvalue weighted by Gasteiger charge is -2.17. The highest BCUT2D eigenvalue weighted by atomic mass is 31.2. The minimum absolute atomic E-state index is 0.105. The van der Waals surface area contributed by atoms with Crippen LogP contribution in [-0.4, -0.2) is 42.0 Å². The summed E-state index contributed by atoms with van der Waals surface area (Å²) in [5.41, 5.74) is -0.397. The van der Waals surface area contributed by atoms with E-state index in [1.807, 2.05) is 0 Å². The number of imide groups is 1. The largest absolute Gasteiger partial charge is 0.385 e. The molecule has 1 aliphatic heterocycles. The lowest BCUT2D eigenvalue weighted by Crippen LogP contribution is -2.34. The Balaban J connectivity index is 2.77. The van der Waals surface area contributed by atoms with Gasteiger partial charge in [0.15, 0.2) is 0 Å². The summed E-state index contributed by atoms with van der Waals surface area (Å²) in [6.07, 6.45) is 3.74. The van der Waals surface area contributed by atoms with Crippen molar-refractivity contribution in [1.29, 1.82) is 0 Å². The Labute approximate surface area is 125 Å². The molecule has 1 rings (SSSR count). The quantitative estimate of drug-likeness (QED) is 0.456. The van der Waals surface area contributed by atoms with Crippen LogP contribution in [0.1, 0.15) is 46.5 Å². The molecule has 0 aromatic carbocycles. The van der Waals surface area contributed by atoms with Gasteiger partial charge in [-0.15, -0.1) is 0 Å². The average Bonchev–Trinajstić information content (AvgIpc) is 2.72. The number of aliphatic imine (C=N–C) groups is 1. The first-order valence-corrected chi connectivity index (χ1v) is 8.88. The van der Waals surface area contributed by atoms with Crippen molar-refractivity contribution in [3.8, 4) is 0 Å². The van der Waals surface area contributed by atoms with Gasteiger partial charge in [0.1, 0.15) is 0 Å². The summed E-state index contributed by atoms with van der Waals surface area (Å²) >= 11 is 0. The standard InChI is InChI=1S/C13H23N2O5P/c1-4-7-8-9-10-15-12(16)11(14-13(15)17)21(18,19-5-2)20-6-3/h4-10H2,1-3H3. The molecule has 1 aliphatic rings. The van der Waals surface area contributed by atoms with Gasteiger partial charge in [-0.1, -0.05) is 26.2 Å². The van der Waals surface area contributed by atoms with Crippen molar-refractivity contribution < 1.29 is 23.2 Å². The number of nitrogens with zero attached hydrogens (tertiary/aromatic N) is 2.